The van der Waals surface area contributed by atoms with E-state index in [4.69, 9.17) is 15.2 Å². The molecule has 1 amide bonds. The Bertz CT molecular complexity index is 1200. The first-order chi connectivity index (χ1) is 15.2. The number of phenols is 1. The summed E-state index contributed by atoms with van der Waals surface area (Å²) in [7, 11) is 1.49. The zero-order valence-electron chi connectivity index (χ0n) is 17.2. The number of rotatable bonds is 6. The highest BCUT2D eigenvalue weighted by Gasteiger charge is 2.22. The Hall–Kier alpha value is -4.53. The smallest absolute Gasteiger partial charge is 0.345 e. The van der Waals surface area contributed by atoms with Crippen LogP contribution in [0, 0.1) is 6.92 Å². The molecule has 3 aromatic rings. The molecular formula is C23H20N2O7. The van der Waals surface area contributed by atoms with Gasteiger partial charge in [-0.25, -0.2) is 9.59 Å². The number of nitrogens with one attached hydrogen (secondary N) is 1. The molecule has 5 N–H and O–H groups in total. The van der Waals surface area contributed by atoms with Crippen LogP contribution in [0.4, 0.5) is 11.4 Å². The van der Waals surface area contributed by atoms with Crippen LogP contribution < -0.4 is 20.5 Å². The number of carboxylic acids is 1. The second-order valence-corrected chi connectivity index (χ2v) is 6.75. The number of amides is 1. The number of phenolic OH excluding ortho intramolecular Hbond substituents is 1. The number of anilines is 2. The summed E-state index contributed by atoms with van der Waals surface area (Å²) in [6.07, 6.45) is 0. The fourth-order valence-electron chi connectivity index (χ4n) is 2.90. The molecule has 0 aliphatic carbocycles. The van der Waals surface area contributed by atoms with Crippen molar-refractivity contribution in [3.8, 4) is 17.2 Å². The lowest BCUT2D eigenvalue weighted by molar-refractivity contribution is 0.0689. The van der Waals surface area contributed by atoms with Crippen molar-refractivity contribution in [2.45, 2.75) is 6.92 Å². The second kappa shape index (κ2) is 9.09. The van der Waals surface area contributed by atoms with E-state index < -0.39 is 17.8 Å². The van der Waals surface area contributed by atoms with Crippen LogP contribution in [0.2, 0.25) is 0 Å². The number of aromatic hydroxyl groups is 1. The number of ether oxygens (including phenoxy) is 2. The monoisotopic (exact) mass is 436 g/mol. The number of carbonyl (C=O) groups is 3. The molecule has 0 atom stereocenters. The van der Waals surface area contributed by atoms with Crippen molar-refractivity contribution in [2.75, 3.05) is 18.2 Å². The maximum absolute atomic E-state index is 12.7. The minimum Gasteiger partial charge on any atom is -0.505 e. The molecule has 0 saturated heterocycles. The van der Waals surface area contributed by atoms with Crippen LogP contribution in [-0.4, -0.2) is 35.2 Å². The number of para-hydroxylation sites is 1. The predicted octanol–water partition coefficient (Wildman–Crippen LogP) is 3.46. The van der Waals surface area contributed by atoms with Gasteiger partial charge in [-0.3, -0.25) is 4.79 Å². The highest BCUT2D eigenvalue weighted by Crippen LogP contribution is 2.33. The largest absolute Gasteiger partial charge is 0.505 e. The Kier molecular flexibility index (Phi) is 6.29. The van der Waals surface area contributed by atoms with Gasteiger partial charge in [0.1, 0.15) is 11.5 Å². The molecule has 32 heavy (non-hydrogen) atoms. The van der Waals surface area contributed by atoms with E-state index in [2.05, 4.69) is 5.32 Å². The van der Waals surface area contributed by atoms with Crippen LogP contribution in [0.3, 0.4) is 0 Å². The number of methoxy groups -OCH3 is 1. The molecule has 9 heteroatoms. The molecule has 3 rings (SSSR count). The average Bonchev–Trinajstić information content (AvgIpc) is 2.78. The topological polar surface area (TPSA) is 148 Å². The van der Waals surface area contributed by atoms with Crippen molar-refractivity contribution in [1.29, 1.82) is 0 Å². The molecule has 0 fully saturated rings. The van der Waals surface area contributed by atoms with Gasteiger partial charge in [0.15, 0.2) is 5.75 Å². The normalized spacial score (nSPS) is 10.3. The maximum atomic E-state index is 12.7. The molecule has 0 aromatic heterocycles. The minimum atomic E-state index is -1.33. The molecule has 9 nitrogen and oxygen atoms in total. The zero-order valence-corrected chi connectivity index (χ0v) is 17.2. The number of hydrogen-bond donors (Lipinski definition) is 4. The number of nitrogen functional groups attached to an aromatic ring is 1. The third kappa shape index (κ3) is 4.46. The van der Waals surface area contributed by atoms with E-state index in [0.29, 0.717) is 11.3 Å². The lowest BCUT2D eigenvalue weighted by atomic mass is 10.1. The first-order valence-corrected chi connectivity index (χ1v) is 9.34. The van der Waals surface area contributed by atoms with Crippen molar-refractivity contribution in [3.63, 3.8) is 0 Å². The summed E-state index contributed by atoms with van der Waals surface area (Å²) >= 11 is 0. The first kappa shape index (κ1) is 22.2. The SMILES string of the molecule is COc1ccc(C(=O)Nc2c(OC(=O)c3ccc(C)c(O)c3N)cccc2C(=O)O)cc1. The molecule has 0 unspecified atom stereocenters. The average molecular weight is 436 g/mol. The predicted molar refractivity (Wildman–Crippen MR) is 117 cm³/mol. The number of esters is 1. The Balaban J connectivity index is 1.96. The fraction of sp³-hybridized carbons (Fsp3) is 0.0870. The number of carboxylic acid groups (broad SMARTS) is 1. The van der Waals surface area contributed by atoms with Gasteiger partial charge in [0.2, 0.25) is 0 Å². The summed E-state index contributed by atoms with van der Waals surface area (Å²) in [4.78, 5) is 37.1. The highest BCUT2D eigenvalue weighted by atomic mass is 16.5. The van der Waals surface area contributed by atoms with Crippen LogP contribution in [0.15, 0.2) is 54.6 Å². The summed E-state index contributed by atoms with van der Waals surface area (Å²) in [6.45, 7) is 1.62. The molecule has 164 valence electrons. The Morgan fingerprint density at radius 1 is 0.969 bits per heavy atom. The lowest BCUT2D eigenvalue weighted by Gasteiger charge is -2.15. The summed E-state index contributed by atoms with van der Waals surface area (Å²) in [6, 6.07) is 13.0. The van der Waals surface area contributed by atoms with Crippen molar-refractivity contribution in [2.24, 2.45) is 0 Å². The third-order valence-electron chi connectivity index (χ3n) is 4.69. The molecule has 0 spiro atoms. The first-order valence-electron chi connectivity index (χ1n) is 9.34. The third-order valence-corrected chi connectivity index (χ3v) is 4.69. The molecule has 0 bridgehead atoms. The number of hydrogen-bond acceptors (Lipinski definition) is 7. The standard InChI is InChI=1S/C23H20N2O7/c1-12-6-11-15(18(24)20(12)26)23(30)32-17-5-3-4-16(22(28)29)19(17)25-21(27)13-7-9-14(31-2)10-8-13/h3-11,26H,24H2,1-2H3,(H,25,27)(H,28,29). The number of aryl methyl sites for hydroxylation is 1. The Labute approximate surface area is 183 Å². The molecule has 0 radical (unpaired) electrons. The van der Waals surface area contributed by atoms with E-state index >= 15 is 0 Å². The number of benzene rings is 3. The van der Waals surface area contributed by atoms with Gasteiger partial charge in [0, 0.05) is 5.56 Å². The van der Waals surface area contributed by atoms with Gasteiger partial charge in [0.25, 0.3) is 5.91 Å². The quantitative estimate of drug-likeness (QED) is 0.199. The van der Waals surface area contributed by atoms with Crippen LogP contribution in [0.1, 0.15) is 36.6 Å². The lowest BCUT2D eigenvalue weighted by Crippen LogP contribution is -2.18. The summed E-state index contributed by atoms with van der Waals surface area (Å²) in [5, 5.41) is 22.0. The minimum absolute atomic E-state index is 0.110. The number of aromatic carboxylic acids is 1. The molecule has 3 aromatic carbocycles. The van der Waals surface area contributed by atoms with Gasteiger partial charge in [-0.05, 0) is 55.0 Å². The van der Waals surface area contributed by atoms with Gasteiger partial charge in [-0.15, -0.1) is 0 Å². The van der Waals surface area contributed by atoms with E-state index in [1.54, 1.807) is 19.1 Å². The molecule has 0 heterocycles. The molecule has 0 aliphatic heterocycles. The maximum Gasteiger partial charge on any atom is 0.345 e. The Morgan fingerprint density at radius 2 is 1.66 bits per heavy atom. The van der Waals surface area contributed by atoms with Crippen molar-refractivity contribution in [3.05, 3.63) is 76.9 Å². The van der Waals surface area contributed by atoms with Gasteiger partial charge >= 0.3 is 11.9 Å². The van der Waals surface area contributed by atoms with Gasteiger partial charge < -0.3 is 30.7 Å². The van der Waals surface area contributed by atoms with Gasteiger partial charge in [0.05, 0.1) is 29.6 Å². The van der Waals surface area contributed by atoms with Gasteiger partial charge in [-0.1, -0.05) is 12.1 Å². The summed E-state index contributed by atoms with van der Waals surface area (Å²) < 4.78 is 10.4. The van der Waals surface area contributed by atoms with Crippen LogP contribution >= 0.6 is 0 Å². The van der Waals surface area contributed by atoms with E-state index in [1.807, 2.05) is 0 Å². The summed E-state index contributed by atoms with van der Waals surface area (Å²) in [5.41, 5.74) is 5.75. The van der Waals surface area contributed by atoms with Crippen molar-refractivity contribution >= 4 is 29.2 Å². The number of nitrogens with two attached hydrogens (primary N) is 1. The van der Waals surface area contributed by atoms with E-state index in [0.717, 1.165) is 0 Å². The van der Waals surface area contributed by atoms with Crippen molar-refractivity contribution in [1.82, 2.24) is 0 Å². The molecule has 0 aliphatic rings. The fourth-order valence-corrected chi connectivity index (χ4v) is 2.90. The molecule has 0 saturated carbocycles. The van der Waals surface area contributed by atoms with Crippen LogP contribution in [-0.2, 0) is 0 Å². The second-order valence-electron chi connectivity index (χ2n) is 6.75. The Morgan fingerprint density at radius 3 is 2.28 bits per heavy atom. The van der Waals surface area contributed by atoms with E-state index in [1.165, 1.54) is 49.6 Å². The van der Waals surface area contributed by atoms with Crippen molar-refractivity contribution < 1.29 is 34.1 Å². The number of carbonyl (C=O) groups excluding carboxylic acids is 2. The van der Waals surface area contributed by atoms with Crippen LogP contribution in [0.25, 0.3) is 0 Å². The molecular weight excluding hydrogens is 416 g/mol. The van der Waals surface area contributed by atoms with Gasteiger partial charge in [-0.2, -0.15) is 0 Å². The van der Waals surface area contributed by atoms with E-state index in [-0.39, 0.29) is 39.6 Å². The van der Waals surface area contributed by atoms with E-state index in [9.17, 15) is 24.6 Å². The highest BCUT2D eigenvalue weighted by molar-refractivity contribution is 6.09. The zero-order chi connectivity index (χ0) is 23.4. The summed E-state index contributed by atoms with van der Waals surface area (Å²) in [5.74, 6) is -2.80. The van der Waals surface area contributed by atoms with Crippen LogP contribution in [0.5, 0.6) is 17.2 Å².